The van der Waals surface area contributed by atoms with Gasteiger partial charge < -0.3 is 14.2 Å². The van der Waals surface area contributed by atoms with Crippen LogP contribution in [0.5, 0.6) is 0 Å². The molecule has 0 rings (SSSR count). The van der Waals surface area contributed by atoms with Crippen LogP contribution in [-0.2, 0) is 28.6 Å². The van der Waals surface area contributed by atoms with Gasteiger partial charge in [0.1, 0.15) is 13.2 Å². The molecule has 1 atom stereocenters. The Labute approximate surface area is 436 Å². The van der Waals surface area contributed by atoms with Crippen LogP contribution in [0.2, 0.25) is 0 Å². The highest BCUT2D eigenvalue weighted by atomic mass is 16.6. The van der Waals surface area contributed by atoms with Crippen LogP contribution >= 0.6 is 0 Å². The van der Waals surface area contributed by atoms with Gasteiger partial charge in [-0.2, -0.15) is 0 Å². The zero-order valence-electron chi connectivity index (χ0n) is 45.7. The van der Waals surface area contributed by atoms with Crippen LogP contribution in [0.15, 0.2) is 134 Å². The molecule has 0 aliphatic rings. The maximum absolute atomic E-state index is 12.9. The summed E-state index contributed by atoms with van der Waals surface area (Å²) in [4.78, 5) is 38.2. The van der Waals surface area contributed by atoms with Crippen molar-refractivity contribution < 1.29 is 28.6 Å². The topological polar surface area (TPSA) is 78.9 Å². The first-order valence-electron chi connectivity index (χ1n) is 28.8. The van der Waals surface area contributed by atoms with E-state index in [4.69, 9.17) is 14.2 Å². The smallest absolute Gasteiger partial charge is 0.306 e. The van der Waals surface area contributed by atoms with Crippen molar-refractivity contribution in [2.75, 3.05) is 13.2 Å². The average Bonchev–Trinajstić information content (AvgIpc) is 3.37. The highest BCUT2D eigenvalue weighted by Gasteiger charge is 2.19. The fraction of sp³-hybridized carbons (Fsp3) is 0.615. The SMILES string of the molecule is CC/C=C\C/C=C\C/C=C\C/C=C\C/C=C\CCCC(=O)OCC(COC(=O)CCCCCCC\C=C/C=C\C=C/CCCCCCC)OC(=O)CCCCCCC\C=C/C=C\C=C/CCCCCCC. The van der Waals surface area contributed by atoms with Gasteiger partial charge in [-0.15, -0.1) is 0 Å². The number of esters is 3. The largest absolute Gasteiger partial charge is 0.462 e. The lowest BCUT2D eigenvalue weighted by molar-refractivity contribution is -0.167. The molecule has 0 fully saturated rings. The van der Waals surface area contributed by atoms with E-state index in [1.54, 1.807) is 0 Å². The standard InChI is InChI=1S/C65H104O6/c1-4-7-10-13-16-19-22-25-28-31-34-37-40-43-46-49-52-55-58-64(67)70-61-62(60-69-63(66)57-54-51-48-45-42-39-36-33-30-27-24-21-18-15-12-9-6-3)71-65(68)59-56-53-50-47-44-41-38-35-32-29-26-23-20-17-14-11-8-5-2/h9,12,18,21-23,25-32,34-39,45,48,62H,4-8,10-11,13-17,19-20,24,33,40-44,46-47,49-61H2,1-3H3/b12-9-,21-18-,25-22-,26-23-,30-27-,31-28-,32-29-,37-34-,38-35-,39-36-,48-45-. The average molecular weight is 982 g/mol. The number of rotatable bonds is 50. The number of ether oxygens (including phenoxy) is 3. The first-order valence-corrected chi connectivity index (χ1v) is 28.8. The molecule has 0 amide bonds. The van der Waals surface area contributed by atoms with E-state index in [0.29, 0.717) is 12.8 Å². The molecule has 0 N–H and O–H groups in total. The zero-order valence-corrected chi connectivity index (χ0v) is 45.7. The van der Waals surface area contributed by atoms with Crippen molar-refractivity contribution in [3.8, 4) is 0 Å². The lowest BCUT2D eigenvalue weighted by Crippen LogP contribution is -2.30. The van der Waals surface area contributed by atoms with Crippen LogP contribution in [-0.4, -0.2) is 37.2 Å². The normalized spacial score (nSPS) is 13.1. The number of carbonyl (C=O) groups is 3. The van der Waals surface area contributed by atoms with Gasteiger partial charge in [-0.05, 0) is 109 Å². The summed E-state index contributed by atoms with van der Waals surface area (Å²) in [5.41, 5.74) is 0. The van der Waals surface area contributed by atoms with E-state index in [1.165, 1.54) is 64.2 Å². The van der Waals surface area contributed by atoms with Gasteiger partial charge in [0.05, 0.1) is 0 Å². The molecule has 0 heterocycles. The molecular formula is C65H104O6. The molecule has 0 aromatic heterocycles. The third-order valence-corrected chi connectivity index (χ3v) is 11.7. The molecule has 0 saturated carbocycles. The van der Waals surface area contributed by atoms with Crippen molar-refractivity contribution >= 4 is 17.9 Å². The van der Waals surface area contributed by atoms with E-state index in [0.717, 1.165) is 128 Å². The number of hydrogen-bond donors (Lipinski definition) is 0. The second-order valence-electron chi connectivity index (χ2n) is 18.6. The fourth-order valence-corrected chi connectivity index (χ4v) is 7.42. The predicted octanol–water partition coefficient (Wildman–Crippen LogP) is 19.4. The summed E-state index contributed by atoms with van der Waals surface area (Å²) in [5.74, 6) is -1.02. The predicted molar refractivity (Wildman–Crippen MR) is 306 cm³/mol. The van der Waals surface area contributed by atoms with Crippen molar-refractivity contribution in [3.63, 3.8) is 0 Å². The second kappa shape index (κ2) is 58.1. The van der Waals surface area contributed by atoms with Crippen LogP contribution in [0.1, 0.15) is 239 Å². The number of unbranched alkanes of at least 4 members (excludes halogenated alkanes) is 21. The Balaban J connectivity index is 4.59. The molecule has 0 aromatic rings. The van der Waals surface area contributed by atoms with E-state index >= 15 is 0 Å². The van der Waals surface area contributed by atoms with Crippen molar-refractivity contribution in [3.05, 3.63) is 134 Å². The van der Waals surface area contributed by atoms with Gasteiger partial charge in [0.15, 0.2) is 6.10 Å². The summed E-state index contributed by atoms with van der Waals surface area (Å²) in [7, 11) is 0. The minimum atomic E-state index is -0.826. The molecule has 0 aliphatic carbocycles. The van der Waals surface area contributed by atoms with E-state index in [9.17, 15) is 14.4 Å². The van der Waals surface area contributed by atoms with Crippen molar-refractivity contribution in [1.82, 2.24) is 0 Å². The first-order chi connectivity index (χ1) is 35.0. The molecule has 0 aromatic carbocycles. The maximum Gasteiger partial charge on any atom is 0.306 e. The van der Waals surface area contributed by atoms with Gasteiger partial charge in [-0.25, -0.2) is 0 Å². The van der Waals surface area contributed by atoms with Gasteiger partial charge in [0.2, 0.25) is 0 Å². The molecule has 0 saturated heterocycles. The molecule has 0 radical (unpaired) electrons. The quantitative estimate of drug-likeness (QED) is 0.0199. The fourth-order valence-electron chi connectivity index (χ4n) is 7.42. The van der Waals surface area contributed by atoms with Gasteiger partial charge in [0, 0.05) is 19.3 Å². The Morgan fingerprint density at radius 3 is 1.01 bits per heavy atom. The Morgan fingerprint density at radius 2 is 0.620 bits per heavy atom. The molecule has 6 nitrogen and oxygen atoms in total. The second-order valence-corrected chi connectivity index (χ2v) is 18.6. The summed E-state index contributed by atoms with van der Waals surface area (Å²) in [5, 5.41) is 0. The molecule has 400 valence electrons. The number of allylic oxidation sites excluding steroid dienone is 22. The van der Waals surface area contributed by atoms with Gasteiger partial charge >= 0.3 is 17.9 Å². The Bertz CT molecular complexity index is 1550. The van der Waals surface area contributed by atoms with Crippen LogP contribution < -0.4 is 0 Å². The van der Waals surface area contributed by atoms with Crippen molar-refractivity contribution in [2.45, 2.75) is 245 Å². The van der Waals surface area contributed by atoms with Crippen molar-refractivity contribution in [1.29, 1.82) is 0 Å². The Morgan fingerprint density at radius 1 is 0.310 bits per heavy atom. The minimum absolute atomic E-state index is 0.119. The Hall–Kier alpha value is -4.45. The monoisotopic (exact) mass is 981 g/mol. The van der Waals surface area contributed by atoms with E-state index in [-0.39, 0.29) is 44.0 Å². The van der Waals surface area contributed by atoms with Crippen LogP contribution in [0, 0.1) is 0 Å². The first kappa shape index (κ1) is 66.6. The summed E-state index contributed by atoms with van der Waals surface area (Å²) >= 11 is 0. The Kier molecular flexibility index (Phi) is 54.5. The molecule has 0 aliphatic heterocycles. The van der Waals surface area contributed by atoms with Crippen LogP contribution in [0.3, 0.4) is 0 Å². The van der Waals surface area contributed by atoms with Gasteiger partial charge in [-0.3, -0.25) is 14.4 Å². The van der Waals surface area contributed by atoms with E-state index in [2.05, 4.69) is 154 Å². The van der Waals surface area contributed by atoms with Crippen LogP contribution in [0.4, 0.5) is 0 Å². The summed E-state index contributed by atoms with van der Waals surface area (Å²) in [6.07, 6.45) is 81.5. The highest BCUT2D eigenvalue weighted by molar-refractivity contribution is 5.71. The lowest BCUT2D eigenvalue weighted by Gasteiger charge is -2.18. The number of hydrogen-bond acceptors (Lipinski definition) is 6. The van der Waals surface area contributed by atoms with E-state index in [1.807, 2.05) is 0 Å². The molecule has 0 bridgehead atoms. The molecular weight excluding hydrogens is 877 g/mol. The molecule has 71 heavy (non-hydrogen) atoms. The molecule has 1 unspecified atom stereocenters. The summed E-state index contributed by atoms with van der Waals surface area (Å²) in [6, 6.07) is 0. The molecule has 0 spiro atoms. The van der Waals surface area contributed by atoms with Crippen LogP contribution in [0.25, 0.3) is 0 Å². The van der Waals surface area contributed by atoms with Crippen molar-refractivity contribution in [2.24, 2.45) is 0 Å². The maximum atomic E-state index is 12.9. The zero-order chi connectivity index (χ0) is 51.4. The van der Waals surface area contributed by atoms with Gasteiger partial charge in [-0.1, -0.05) is 244 Å². The summed E-state index contributed by atoms with van der Waals surface area (Å²) < 4.78 is 16.8. The third-order valence-electron chi connectivity index (χ3n) is 11.7. The highest BCUT2D eigenvalue weighted by Crippen LogP contribution is 2.13. The lowest BCUT2D eigenvalue weighted by atomic mass is 10.1. The van der Waals surface area contributed by atoms with E-state index < -0.39 is 6.10 Å². The minimum Gasteiger partial charge on any atom is -0.462 e. The molecule has 6 heteroatoms. The number of carbonyl (C=O) groups excluding carboxylic acids is 3. The third kappa shape index (κ3) is 56.3. The summed E-state index contributed by atoms with van der Waals surface area (Å²) in [6.45, 7) is 6.40. The van der Waals surface area contributed by atoms with Gasteiger partial charge in [0.25, 0.3) is 0 Å².